The van der Waals surface area contributed by atoms with E-state index < -0.39 is 0 Å². The van der Waals surface area contributed by atoms with Crippen molar-refractivity contribution in [2.75, 3.05) is 0 Å². The van der Waals surface area contributed by atoms with Crippen molar-refractivity contribution in [3.8, 4) is 0 Å². The molecule has 0 heterocycles. The Morgan fingerprint density at radius 3 is 0.800 bits per heavy atom. The normalized spacial score (nSPS) is 26.9. The van der Waals surface area contributed by atoms with Crippen molar-refractivity contribution >= 4 is 0 Å². The average molecular weight is 819 g/mol. The summed E-state index contributed by atoms with van der Waals surface area (Å²) in [6.07, 6.45) is 26.7. The van der Waals surface area contributed by atoms with Gasteiger partial charge in [0.15, 0.2) is 0 Å². The molecule has 0 saturated heterocycles. The zero-order valence-corrected chi connectivity index (χ0v) is 42.3. The minimum atomic E-state index is 0.0708. The van der Waals surface area contributed by atoms with Gasteiger partial charge < -0.3 is 0 Å². The standard InChI is InChI=1S/C17H32.C17H20.C10H20.C8H16.C8H10/c2*1-13-5-9-15(10-6-13)17(3,4)16-11-7-14(2)8-12-16;1-3-9-5-7-10(4-2)8-6-9;2*1-7-3-5-8(2)6-4-7/h13-16H,5-12H2,1-4H3;5-12H,1-4H3;9-10H,3-8H2,1-2H3;7-8H,3-6H2,1-2H3;3-6H,1-2H3. The van der Waals surface area contributed by atoms with Crippen molar-refractivity contribution in [3.63, 3.8) is 0 Å². The predicted molar refractivity (Wildman–Crippen MR) is 269 cm³/mol. The molecular weight excluding hydrogens is 721 g/mol. The van der Waals surface area contributed by atoms with E-state index >= 15 is 0 Å². The summed E-state index contributed by atoms with van der Waals surface area (Å²) >= 11 is 0. The number of benzene rings is 3. The fourth-order valence-corrected chi connectivity index (χ4v) is 10.6. The zero-order valence-electron chi connectivity index (χ0n) is 42.3. The largest absolute Gasteiger partial charge is 0.0651 e. The summed E-state index contributed by atoms with van der Waals surface area (Å²) in [4.78, 5) is 0. The maximum absolute atomic E-state index is 2.58. The Kier molecular flexibility index (Phi) is 22.8. The zero-order chi connectivity index (χ0) is 44.3. The van der Waals surface area contributed by atoms with E-state index in [1.54, 1.807) is 0 Å². The van der Waals surface area contributed by atoms with Gasteiger partial charge in [0.05, 0.1) is 0 Å². The Balaban J connectivity index is 0.000000208. The molecule has 7 rings (SSSR count). The molecule has 0 heteroatoms. The third-order valence-electron chi connectivity index (χ3n) is 16.3. The molecule has 0 radical (unpaired) electrons. The smallest absolute Gasteiger partial charge is 0.0146 e. The Morgan fingerprint density at radius 1 is 0.350 bits per heavy atom. The van der Waals surface area contributed by atoms with E-state index in [4.69, 9.17) is 0 Å². The lowest BCUT2D eigenvalue weighted by Gasteiger charge is -2.46. The van der Waals surface area contributed by atoms with Gasteiger partial charge in [-0.1, -0.05) is 254 Å². The Hall–Kier alpha value is -2.34. The van der Waals surface area contributed by atoms with E-state index in [0.717, 1.165) is 47.3 Å². The fraction of sp³-hybridized carbons (Fsp3) is 0.700. The molecule has 0 aromatic heterocycles. The van der Waals surface area contributed by atoms with Crippen molar-refractivity contribution in [1.82, 2.24) is 0 Å². The van der Waals surface area contributed by atoms with Gasteiger partial charge in [-0.15, -0.1) is 0 Å². The quantitative estimate of drug-likeness (QED) is 0.232. The molecular formula is C60H98. The van der Waals surface area contributed by atoms with Crippen LogP contribution in [0.3, 0.4) is 0 Å². The molecule has 0 atom stereocenters. The van der Waals surface area contributed by atoms with Crippen LogP contribution in [0.25, 0.3) is 0 Å². The van der Waals surface area contributed by atoms with Gasteiger partial charge in [-0.25, -0.2) is 0 Å². The van der Waals surface area contributed by atoms with Crippen LogP contribution in [0.4, 0.5) is 0 Å². The van der Waals surface area contributed by atoms with Crippen molar-refractivity contribution in [3.05, 3.63) is 106 Å². The molecule has 0 aliphatic heterocycles. The highest BCUT2D eigenvalue weighted by atomic mass is 14.4. The molecule has 3 aromatic carbocycles. The van der Waals surface area contributed by atoms with Crippen LogP contribution < -0.4 is 0 Å². The summed E-state index contributed by atoms with van der Waals surface area (Å²) < 4.78 is 0. The lowest BCUT2D eigenvalue weighted by atomic mass is 9.59. The van der Waals surface area contributed by atoms with E-state index in [2.05, 4.69) is 170 Å². The van der Waals surface area contributed by atoms with Gasteiger partial charge >= 0.3 is 0 Å². The van der Waals surface area contributed by atoms with E-state index in [1.165, 1.54) is 149 Å². The van der Waals surface area contributed by atoms with Gasteiger partial charge in [0.2, 0.25) is 0 Å². The molecule has 0 nitrogen and oxygen atoms in total. The van der Waals surface area contributed by atoms with Gasteiger partial charge in [0, 0.05) is 5.41 Å². The number of rotatable bonds is 6. The van der Waals surface area contributed by atoms with Crippen LogP contribution >= 0.6 is 0 Å². The molecule has 0 amide bonds. The van der Waals surface area contributed by atoms with Crippen molar-refractivity contribution in [1.29, 1.82) is 0 Å². The Labute approximate surface area is 375 Å². The van der Waals surface area contributed by atoms with Gasteiger partial charge in [-0.3, -0.25) is 0 Å². The topological polar surface area (TPSA) is 0 Å². The van der Waals surface area contributed by atoms with Crippen LogP contribution in [0.2, 0.25) is 0 Å². The monoisotopic (exact) mass is 819 g/mol. The summed E-state index contributed by atoms with van der Waals surface area (Å²) in [5.41, 5.74) is 8.70. The Morgan fingerprint density at radius 2 is 0.567 bits per heavy atom. The average Bonchev–Trinajstić information content (AvgIpc) is 3.24. The van der Waals surface area contributed by atoms with Crippen LogP contribution in [0.5, 0.6) is 0 Å². The summed E-state index contributed by atoms with van der Waals surface area (Å²) in [5, 5.41) is 0. The SMILES string of the molecule is CC1CCC(C(C)(C)C2CCC(C)CC2)CC1.CC1CCC(C)CC1.CCC1CCC(CC)CC1.Cc1ccc(C(C)(C)c2ccc(C)cc2)cc1.Cc1ccc(C)cc1. The van der Waals surface area contributed by atoms with E-state index in [1.807, 2.05) is 0 Å². The molecule has 60 heavy (non-hydrogen) atoms. The summed E-state index contributed by atoms with van der Waals surface area (Å²) in [5.74, 6) is 8.19. The molecule has 0 spiro atoms. The second kappa shape index (κ2) is 26.3. The molecule has 4 fully saturated rings. The van der Waals surface area contributed by atoms with Gasteiger partial charge in [-0.05, 0) is 117 Å². The van der Waals surface area contributed by atoms with Crippen molar-refractivity contribution < 1.29 is 0 Å². The van der Waals surface area contributed by atoms with E-state index in [9.17, 15) is 0 Å². The van der Waals surface area contributed by atoms with Gasteiger partial charge in [0.1, 0.15) is 0 Å². The molecule has 4 aliphatic carbocycles. The van der Waals surface area contributed by atoms with E-state index in [0.29, 0.717) is 5.41 Å². The summed E-state index contributed by atoms with van der Waals surface area (Å²) in [6, 6.07) is 26.1. The minimum absolute atomic E-state index is 0.0708. The first-order valence-electron chi connectivity index (χ1n) is 25.6. The fourth-order valence-electron chi connectivity index (χ4n) is 10.6. The lowest BCUT2D eigenvalue weighted by Crippen LogP contribution is -2.36. The molecule has 338 valence electrons. The highest BCUT2D eigenvalue weighted by Gasteiger charge is 2.39. The van der Waals surface area contributed by atoms with Crippen molar-refractivity contribution in [2.45, 2.75) is 218 Å². The summed E-state index contributed by atoms with van der Waals surface area (Å²) in [7, 11) is 0. The molecule has 4 saturated carbocycles. The third kappa shape index (κ3) is 18.2. The second-order valence-corrected chi connectivity index (χ2v) is 22.3. The second-order valence-electron chi connectivity index (χ2n) is 22.3. The predicted octanol–water partition coefficient (Wildman–Crippen LogP) is 19.0. The first kappa shape index (κ1) is 52.0. The number of hydrogen-bond acceptors (Lipinski definition) is 0. The van der Waals surface area contributed by atoms with Crippen LogP contribution in [-0.4, -0.2) is 0 Å². The van der Waals surface area contributed by atoms with Gasteiger partial charge in [-0.2, -0.15) is 0 Å². The molecule has 0 bridgehead atoms. The van der Waals surface area contributed by atoms with Crippen LogP contribution in [-0.2, 0) is 5.41 Å². The molecule has 0 unspecified atom stereocenters. The van der Waals surface area contributed by atoms with Crippen LogP contribution in [0.15, 0.2) is 72.8 Å². The van der Waals surface area contributed by atoms with Crippen LogP contribution in [0, 0.1) is 80.5 Å². The number of hydrogen-bond donors (Lipinski definition) is 0. The molecule has 0 N–H and O–H groups in total. The number of aryl methyl sites for hydroxylation is 4. The lowest BCUT2D eigenvalue weighted by molar-refractivity contribution is 0.0421. The highest BCUT2D eigenvalue weighted by molar-refractivity contribution is 5.39. The molecule has 3 aromatic rings. The van der Waals surface area contributed by atoms with Crippen molar-refractivity contribution in [2.24, 2.45) is 52.8 Å². The first-order valence-corrected chi connectivity index (χ1v) is 25.6. The maximum atomic E-state index is 2.58. The maximum Gasteiger partial charge on any atom is 0.0146 e. The van der Waals surface area contributed by atoms with E-state index in [-0.39, 0.29) is 5.41 Å². The summed E-state index contributed by atoms with van der Waals surface area (Å²) in [6.45, 7) is 32.4. The molecule has 4 aliphatic rings. The third-order valence-corrected chi connectivity index (χ3v) is 16.3. The van der Waals surface area contributed by atoms with Gasteiger partial charge in [0.25, 0.3) is 0 Å². The minimum Gasteiger partial charge on any atom is -0.0651 e. The Bertz CT molecular complexity index is 1390. The van der Waals surface area contributed by atoms with Crippen LogP contribution in [0.1, 0.15) is 218 Å². The highest BCUT2D eigenvalue weighted by Crippen LogP contribution is 2.49. The first-order chi connectivity index (χ1) is 28.4.